The molecule has 0 aliphatic heterocycles. The molecule has 1 unspecified atom stereocenters. The zero-order valence-electron chi connectivity index (χ0n) is 9.22. The van der Waals surface area contributed by atoms with Crippen LogP contribution in [0, 0.1) is 5.92 Å². The Hall–Kier alpha value is -0.240. The molecule has 1 aromatic carbocycles. The van der Waals surface area contributed by atoms with Crippen LogP contribution < -0.4 is 0 Å². The van der Waals surface area contributed by atoms with Gasteiger partial charge in [-0.15, -0.1) is 0 Å². The van der Waals surface area contributed by atoms with Crippen molar-refractivity contribution in [1.82, 2.24) is 0 Å². The first-order valence-electron chi connectivity index (χ1n) is 5.10. The zero-order chi connectivity index (χ0) is 11.6. The number of rotatable bonds is 3. The molecule has 0 bridgehead atoms. The number of hydrogen-bond donors (Lipinski definition) is 1. The van der Waals surface area contributed by atoms with Crippen LogP contribution in [0.3, 0.4) is 0 Å². The molecule has 0 fully saturated rings. The minimum atomic E-state index is -0.901. The summed E-state index contributed by atoms with van der Waals surface area (Å²) < 4.78 is 0. The summed E-state index contributed by atoms with van der Waals surface area (Å²) in [6.45, 7) is 5.89. The number of hydrogen-bond acceptors (Lipinski definition) is 1. The highest BCUT2D eigenvalue weighted by atomic mass is 35.5. The van der Waals surface area contributed by atoms with Crippen LogP contribution in [-0.2, 0) is 5.60 Å². The Morgan fingerprint density at radius 3 is 2.40 bits per heavy atom. The average molecular weight is 247 g/mol. The van der Waals surface area contributed by atoms with Gasteiger partial charge in [0.15, 0.2) is 0 Å². The molecule has 1 atom stereocenters. The Balaban J connectivity index is 3.30. The quantitative estimate of drug-likeness (QED) is 0.846. The third-order valence-corrected chi connectivity index (χ3v) is 3.73. The topological polar surface area (TPSA) is 20.2 Å². The summed E-state index contributed by atoms with van der Waals surface area (Å²) in [7, 11) is 0. The predicted molar refractivity (Wildman–Crippen MR) is 65.5 cm³/mol. The van der Waals surface area contributed by atoms with Crippen LogP contribution in [0.5, 0.6) is 0 Å². The molecule has 1 rings (SSSR count). The Morgan fingerprint density at radius 2 is 1.93 bits per heavy atom. The zero-order valence-corrected chi connectivity index (χ0v) is 10.7. The van der Waals surface area contributed by atoms with E-state index >= 15 is 0 Å². The standard InChI is InChI=1S/C12H16Cl2O/c1-4-12(15,8(2)3)9-6-5-7-10(13)11(9)14/h5-8,15H,4H2,1-3H3. The van der Waals surface area contributed by atoms with Gasteiger partial charge >= 0.3 is 0 Å². The average Bonchev–Trinajstić information content (AvgIpc) is 2.20. The third kappa shape index (κ3) is 2.30. The summed E-state index contributed by atoms with van der Waals surface area (Å²) in [6, 6.07) is 5.37. The van der Waals surface area contributed by atoms with Gasteiger partial charge in [-0.25, -0.2) is 0 Å². The van der Waals surface area contributed by atoms with Gasteiger partial charge in [0.1, 0.15) is 0 Å². The van der Waals surface area contributed by atoms with Crippen molar-refractivity contribution >= 4 is 23.2 Å². The van der Waals surface area contributed by atoms with Crippen molar-refractivity contribution in [2.24, 2.45) is 5.92 Å². The smallest absolute Gasteiger partial charge is 0.0931 e. The number of aliphatic hydroxyl groups is 1. The minimum absolute atomic E-state index is 0.0958. The Labute approximate surface area is 101 Å². The maximum atomic E-state index is 10.5. The Kier molecular flexibility index (Phi) is 4.05. The van der Waals surface area contributed by atoms with E-state index in [0.717, 1.165) is 0 Å². The second-order valence-corrected chi connectivity index (χ2v) is 4.82. The molecule has 1 aromatic rings. The fourth-order valence-corrected chi connectivity index (χ4v) is 2.21. The van der Waals surface area contributed by atoms with Gasteiger partial charge < -0.3 is 5.11 Å². The van der Waals surface area contributed by atoms with E-state index in [1.54, 1.807) is 6.07 Å². The highest BCUT2D eigenvalue weighted by molar-refractivity contribution is 6.42. The summed E-state index contributed by atoms with van der Waals surface area (Å²) in [6.07, 6.45) is 0.616. The predicted octanol–water partition coefficient (Wildman–Crippen LogP) is 4.25. The lowest BCUT2D eigenvalue weighted by molar-refractivity contribution is -0.0139. The summed E-state index contributed by atoms with van der Waals surface area (Å²) in [5, 5.41) is 11.5. The van der Waals surface area contributed by atoms with Gasteiger partial charge in [-0.05, 0) is 18.4 Å². The van der Waals surface area contributed by atoms with Crippen molar-refractivity contribution in [3.8, 4) is 0 Å². The number of halogens is 2. The van der Waals surface area contributed by atoms with Crippen LogP contribution in [0.15, 0.2) is 18.2 Å². The second-order valence-electron chi connectivity index (χ2n) is 4.03. The lowest BCUT2D eigenvalue weighted by Gasteiger charge is -2.32. The first-order chi connectivity index (χ1) is 6.93. The van der Waals surface area contributed by atoms with Crippen molar-refractivity contribution in [2.45, 2.75) is 32.8 Å². The lowest BCUT2D eigenvalue weighted by atomic mass is 9.81. The van der Waals surface area contributed by atoms with E-state index in [4.69, 9.17) is 23.2 Å². The fraction of sp³-hybridized carbons (Fsp3) is 0.500. The van der Waals surface area contributed by atoms with Gasteiger partial charge in [0.25, 0.3) is 0 Å². The van der Waals surface area contributed by atoms with Gasteiger partial charge in [0.2, 0.25) is 0 Å². The van der Waals surface area contributed by atoms with E-state index in [0.29, 0.717) is 22.0 Å². The Bertz CT molecular complexity index is 349. The molecule has 0 amide bonds. The van der Waals surface area contributed by atoms with E-state index in [1.165, 1.54) is 0 Å². The molecule has 0 spiro atoms. The molecule has 1 nitrogen and oxygen atoms in total. The van der Waals surface area contributed by atoms with Gasteiger partial charge in [0.05, 0.1) is 15.6 Å². The molecular weight excluding hydrogens is 231 g/mol. The van der Waals surface area contributed by atoms with Gasteiger partial charge in [-0.2, -0.15) is 0 Å². The number of benzene rings is 1. The summed E-state index contributed by atoms with van der Waals surface area (Å²) in [5.41, 5.74) is -0.184. The van der Waals surface area contributed by atoms with Gasteiger partial charge in [-0.3, -0.25) is 0 Å². The van der Waals surface area contributed by atoms with Crippen LogP contribution in [0.2, 0.25) is 10.0 Å². The van der Waals surface area contributed by atoms with E-state index in [1.807, 2.05) is 32.9 Å². The first kappa shape index (κ1) is 12.8. The molecule has 0 aliphatic carbocycles. The lowest BCUT2D eigenvalue weighted by Crippen LogP contribution is -2.31. The summed E-state index contributed by atoms with van der Waals surface area (Å²) in [5.74, 6) is 0.0958. The third-order valence-electron chi connectivity index (χ3n) is 2.91. The van der Waals surface area contributed by atoms with Crippen molar-refractivity contribution < 1.29 is 5.11 Å². The van der Waals surface area contributed by atoms with Crippen LogP contribution in [0.1, 0.15) is 32.8 Å². The van der Waals surface area contributed by atoms with E-state index in [-0.39, 0.29) is 5.92 Å². The monoisotopic (exact) mass is 246 g/mol. The van der Waals surface area contributed by atoms with E-state index in [2.05, 4.69) is 0 Å². The van der Waals surface area contributed by atoms with Crippen molar-refractivity contribution in [1.29, 1.82) is 0 Å². The van der Waals surface area contributed by atoms with Crippen LogP contribution >= 0.6 is 23.2 Å². The molecule has 0 saturated carbocycles. The largest absolute Gasteiger partial charge is 0.385 e. The molecule has 15 heavy (non-hydrogen) atoms. The molecule has 0 saturated heterocycles. The van der Waals surface area contributed by atoms with Crippen LogP contribution in [0.25, 0.3) is 0 Å². The maximum Gasteiger partial charge on any atom is 0.0931 e. The maximum absolute atomic E-state index is 10.5. The van der Waals surface area contributed by atoms with Gasteiger partial charge in [-0.1, -0.05) is 56.1 Å². The minimum Gasteiger partial charge on any atom is -0.385 e. The molecule has 3 heteroatoms. The second kappa shape index (κ2) is 4.73. The molecule has 1 N–H and O–H groups in total. The van der Waals surface area contributed by atoms with Crippen LogP contribution in [-0.4, -0.2) is 5.11 Å². The molecule has 84 valence electrons. The summed E-state index contributed by atoms with van der Waals surface area (Å²) in [4.78, 5) is 0. The Morgan fingerprint density at radius 1 is 1.33 bits per heavy atom. The van der Waals surface area contributed by atoms with Crippen molar-refractivity contribution in [3.05, 3.63) is 33.8 Å². The van der Waals surface area contributed by atoms with E-state index < -0.39 is 5.60 Å². The van der Waals surface area contributed by atoms with E-state index in [9.17, 15) is 5.11 Å². The highest BCUT2D eigenvalue weighted by Gasteiger charge is 2.33. The summed E-state index contributed by atoms with van der Waals surface area (Å²) >= 11 is 12.0. The molecular formula is C12H16Cl2O. The highest BCUT2D eigenvalue weighted by Crippen LogP contribution is 2.39. The molecule has 0 aromatic heterocycles. The molecule has 0 radical (unpaired) electrons. The van der Waals surface area contributed by atoms with Crippen LogP contribution in [0.4, 0.5) is 0 Å². The molecule has 0 heterocycles. The normalized spacial score (nSPS) is 15.4. The fourth-order valence-electron chi connectivity index (χ4n) is 1.75. The first-order valence-corrected chi connectivity index (χ1v) is 5.86. The van der Waals surface area contributed by atoms with Crippen molar-refractivity contribution in [3.63, 3.8) is 0 Å². The van der Waals surface area contributed by atoms with Gasteiger partial charge in [0, 0.05) is 5.56 Å². The van der Waals surface area contributed by atoms with Crippen molar-refractivity contribution in [2.75, 3.05) is 0 Å². The SMILES string of the molecule is CCC(O)(c1cccc(Cl)c1Cl)C(C)C. The molecule has 0 aliphatic rings.